The molecular weight excluding hydrogens is 314 g/mol. The number of allylic oxidation sites excluding steroid dienone is 2. The van der Waals surface area contributed by atoms with E-state index in [1.54, 1.807) is 0 Å². The highest BCUT2D eigenvalue weighted by Crippen LogP contribution is 2.36. The van der Waals surface area contributed by atoms with Crippen molar-refractivity contribution in [3.63, 3.8) is 0 Å². The summed E-state index contributed by atoms with van der Waals surface area (Å²) >= 11 is 0. The molecule has 3 amide bonds. The number of hydrazine groups is 1. The highest BCUT2D eigenvalue weighted by Gasteiger charge is 2.49. The number of non-ortho nitro benzene ring substituents is 1. The summed E-state index contributed by atoms with van der Waals surface area (Å²) in [5, 5.41) is 11.5. The lowest BCUT2D eigenvalue weighted by molar-refractivity contribution is -0.384. The summed E-state index contributed by atoms with van der Waals surface area (Å²) in [4.78, 5) is 47.1. The number of rotatable bonds is 3. The highest BCUT2D eigenvalue weighted by atomic mass is 16.6. The molecule has 24 heavy (non-hydrogen) atoms. The minimum absolute atomic E-state index is 0.00831. The van der Waals surface area contributed by atoms with E-state index >= 15 is 0 Å². The number of carbonyl (C=O) groups is 3. The Morgan fingerprint density at radius 1 is 1.29 bits per heavy atom. The number of imide groups is 1. The molecule has 2 atom stereocenters. The summed E-state index contributed by atoms with van der Waals surface area (Å²) in [5.74, 6) is -2.51. The Balaban J connectivity index is 1.78. The van der Waals surface area contributed by atoms with Crippen molar-refractivity contribution in [1.29, 1.82) is 0 Å². The smallest absolute Gasteiger partial charge is 0.270 e. The van der Waals surface area contributed by atoms with Crippen LogP contribution in [0.4, 0.5) is 5.69 Å². The molecule has 0 radical (unpaired) electrons. The van der Waals surface area contributed by atoms with Gasteiger partial charge in [0.25, 0.3) is 23.4 Å². The minimum Gasteiger partial charge on any atom is -0.272 e. The summed E-state index contributed by atoms with van der Waals surface area (Å²) in [6, 6.07) is 5.10. The Bertz CT molecular complexity index is 786. The Kier molecular flexibility index (Phi) is 3.88. The normalized spacial score (nSPS) is 22.9. The van der Waals surface area contributed by atoms with Crippen LogP contribution < -0.4 is 5.43 Å². The molecule has 8 heteroatoms. The molecule has 2 aliphatic rings. The van der Waals surface area contributed by atoms with E-state index in [0.29, 0.717) is 12.8 Å². The SMILES string of the molecule is CC1=CC[C@@H]2C(=O)N(NC(=O)c3cccc([N+](=O)[O-])c3)C(=O)[C@@H]2C1. The zero-order valence-electron chi connectivity index (χ0n) is 12.9. The van der Waals surface area contributed by atoms with Crippen LogP contribution in [0.2, 0.25) is 0 Å². The van der Waals surface area contributed by atoms with Crippen LogP contribution in [0.3, 0.4) is 0 Å². The zero-order chi connectivity index (χ0) is 17.4. The van der Waals surface area contributed by atoms with Crippen LogP contribution in [0.15, 0.2) is 35.9 Å². The number of hydrogen-bond acceptors (Lipinski definition) is 5. The van der Waals surface area contributed by atoms with E-state index in [0.717, 1.165) is 16.6 Å². The van der Waals surface area contributed by atoms with Crippen LogP contribution in [0.25, 0.3) is 0 Å². The molecule has 1 aromatic rings. The number of carbonyl (C=O) groups excluding carboxylic acids is 3. The molecule has 1 fully saturated rings. The predicted molar refractivity (Wildman–Crippen MR) is 82.4 cm³/mol. The van der Waals surface area contributed by atoms with Gasteiger partial charge in [-0.2, -0.15) is 5.01 Å². The fourth-order valence-electron chi connectivity index (χ4n) is 3.07. The third-order valence-electron chi connectivity index (χ3n) is 4.36. The summed E-state index contributed by atoms with van der Waals surface area (Å²) < 4.78 is 0. The van der Waals surface area contributed by atoms with Gasteiger partial charge in [0.1, 0.15) is 0 Å². The summed E-state index contributed by atoms with van der Waals surface area (Å²) in [6.07, 6.45) is 2.90. The number of nitro benzene ring substituents is 1. The quantitative estimate of drug-likeness (QED) is 0.392. The van der Waals surface area contributed by atoms with E-state index in [4.69, 9.17) is 0 Å². The maximum Gasteiger partial charge on any atom is 0.270 e. The van der Waals surface area contributed by atoms with Gasteiger partial charge in [0, 0.05) is 17.7 Å². The van der Waals surface area contributed by atoms with Gasteiger partial charge < -0.3 is 0 Å². The predicted octanol–water partition coefficient (Wildman–Crippen LogP) is 1.58. The van der Waals surface area contributed by atoms with Crippen LogP contribution in [-0.2, 0) is 9.59 Å². The first-order valence-corrected chi connectivity index (χ1v) is 7.47. The second-order valence-electron chi connectivity index (χ2n) is 5.96. The fraction of sp³-hybridized carbons (Fsp3) is 0.312. The standard InChI is InChI=1S/C16H15N3O5/c1-9-5-6-12-13(7-9)16(22)18(15(12)21)17-14(20)10-3-2-4-11(8-10)19(23)24/h2-5,8,12-13H,6-7H2,1H3,(H,17,20)/t12-,13+/m0/s1. The summed E-state index contributed by atoms with van der Waals surface area (Å²) in [7, 11) is 0. The van der Waals surface area contributed by atoms with Gasteiger partial charge in [-0.1, -0.05) is 17.7 Å². The van der Waals surface area contributed by atoms with Gasteiger partial charge in [-0.3, -0.25) is 29.9 Å². The Morgan fingerprint density at radius 2 is 2.00 bits per heavy atom. The third-order valence-corrected chi connectivity index (χ3v) is 4.36. The van der Waals surface area contributed by atoms with Gasteiger partial charge >= 0.3 is 0 Å². The third kappa shape index (κ3) is 2.66. The second kappa shape index (κ2) is 5.88. The number of amides is 3. The highest BCUT2D eigenvalue weighted by molar-refractivity contribution is 6.08. The van der Waals surface area contributed by atoms with E-state index in [9.17, 15) is 24.5 Å². The Morgan fingerprint density at radius 3 is 2.71 bits per heavy atom. The van der Waals surface area contributed by atoms with Gasteiger partial charge in [0.05, 0.1) is 16.8 Å². The van der Waals surface area contributed by atoms with Gasteiger partial charge in [-0.05, 0) is 25.8 Å². The number of nitro groups is 1. The molecule has 0 aromatic heterocycles. The van der Waals surface area contributed by atoms with Crippen molar-refractivity contribution in [2.45, 2.75) is 19.8 Å². The van der Waals surface area contributed by atoms with E-state index in [1.807, 2.05) is 13.0 Å². The molecule has 0 unspecified atom stereocenters. The van der Waals surface area contributed by atoms with Crippen LogP contribution in [0.5, 0.6) is 0 Å². The first-order valence-electron chi connectivity index (χ1n) is 7.47. The largest absolute Gasteiger partial charge is 0.272 e. The van der Waals surface area contributed by atoms with E-state index in [1.165, 1.54) is 18.2 Å². The van der Waals surface area contributed by atoms with Crippen molar-refractivity contribution in [2.75, 3.05) is 0 Å². The maximum absolute atomic E-state index is 12.4. The van der Waals surface area contributed by atoms with Crippen molar-refractivity contribution < 1.29 is 19.3 Å². The van der Waals surface area contributed by atoms with Crippen LogP contribution in [0, 0.1) is 22.0 Å². The number of hydrogen-bond donors (Lipinski definition) is 1. The average Bonchev–Trinajstić information content (AvgIpc) is 2.79. The van der Waals surface area contributed by atoms with E-state index in [-0.39, 0.29) is 11.3 Å². The molecule has 1 aliphatic carbocycles. The molecule has 0 bridgehead atoms. The van der Waals surface area contributed by atoms with E-state index < -0.39 is 34.5 Å². The molecule has 1 saturated heterocycles. The van der Waals surface area contributed by atoms with Gasteiger partial charge in [0.15, 0.2) is 0 Å². The average molecular weight is 329 g/mol. The maximum atomic E-state index is 12.4. The first-order chi connectivity index (χ1) is 11.4. The van der Waals surface area contributed by atoms with Crippen LogP contribution in [0.1, 0.15) is 30.1 Å². The molecular formula is C16H15N3O5. The lowest BCUT2D eigenvalue weighted by Gasteiger charge is -2.18. The van der Waals surface area contributed by atoms with Crippen molar-refractivity contribution in [3.8, 4) is 0 Å². The molecule has 1 aromatic carbocycles. The van der Waals surface area contributed by atoms with Crippen molar-refractivity contribution in [3.05, 3.63) is 51.6 Å². The molecule has 124 valence electrons. The van der Waals surface area contributed by atoms with Gasteiger partial charge in [-0.25, -0.2) is 0 Å². The molecule has 0 saturated carbocycles. The fourth-order valence-corrected chi connectivity index (χ4v) is 3.07. The molecule has 1 N–H and O–H groups in total. The number of benzene rings is 1. The monoisotopic (exact) mass is 329 g/mol. The summed E-state index contributed by atoms with van der Waals surface area (Å²) in [6.45, 7) is 1.90. The Labute approximate surface area is 137 Å². The lowest BCUT2D eigenvalue weighted by atomic mass is 9.82. The second-order valence-corrected chi connectivity index (χ2v) is 5.96. The van der Waals surface area contributed by atoms with Crippen molar-refractivity contribution in [1.82, 2.24) is 10.4 Å². The summed E-state index contributed by atoms with van der Waals surface area (Å²) in [5.41, 5.74) is 3.10. The topological polar surface area (TPSA) is 110 Å². The first kappa shape index (κ1) is 15.9. The van der Waals surface area contributed by atoms with Crippen molar-refractivity contribution >= 4 is 23.4 Å². The molecule has 1 heterocycles. The number of nitrogens with zero attached hydrogens (tertiary/aromatic N) is 2. The molecule has 0 spiro atoms. The molecule has 1 aliphatic heterocycles. The van der Waals surface area contributed by atoms with E-state index in [2.05, 4.69) is 5.43 Å². The zero-order valence-corrected chi connectivity index (χ0v) is 12.9. The molecule has 8 nitrogen and oxygen atoms in total. The lowest BCUT2D eigenvalue weighted by Crippen LogP contribution is -2.46. The van der Waals surface area contributed by atoms with Crippen LogP contribution >= 0.6 is 0 Å². The minimum atomic E-state index is -0.733. The number of fused-ring (bicyclic) bond motifs is 1. The van der Waals surface area contributed by atoms with Gasteiger partial charge in [0.2, 0.25) is 0 Å². The number of nitrogens with one attached hydrogen (secondary N) is 1. The Hall–Kier alpha value is -3.03. The van der Waals surface area contributed by atoms with Gasteiger partial charge in [-0.15, -0.1) is 0 Å². The van der Waals surface area contributed by atoms with Crippen molar-refractivity contribution in [2.24, 2.45) is 11.8 Å². The van der Waals surface area contributed by atoms with Crippen LogP contribution in [-0.4, -0.2) is 27.7 Å². The molecule has 3 rings (SSSR count).